The molecule has 6 heteroatoms. The summed E-state index contributed by atoms with van der Waals surface area (Å²) in [4.78, 5) is 5.04. The third kappa shape index (κ3) is 5.30. The predicted octanol–water partition coefficient (Wildman–Crippen LogP) is 13.8. The molecule has 2 unspecified atom stereocenters. The van der Waals surface area contributed by atoms with Crippen molar-refractivity contribution in [2.24, 2.45) is 4.99 Å². The van der Waals surface area contributed by atoms with E-state index < -0.39 is 0 Å². The standard InChI is InChI=1S/C51H33N4OS/c1-3-11-31(12-4-1)49-52-50(32-13-5-2-6-14-32)54-51(53-49)35-19-23-39-42-28-34(21-26-47(42)57-48(39)29-35)33-20-24-45-40(27-33)41-30-36(22-25-46(41)56-45)55-43-17-9-7-15-37(43)38-16-8-10-18-44(38)55/h1-30,49,51H,(H,52,54)/q-1. The maximum absolute atomic E-state index is 6.40. The van der Waals surface area contributed by atoms with E-state index >= 15 is 0 Å². The number of thiophene rings is 1. The van der Waals surface area contributed by atoms with Crippen LogP contribution in [0.4, 0.5) is 0 Å². The monoisotopic (exact) mass is 749 g/mol. The minimum atomic E-state index is -0.293. The summed E-state index contributed by atoms with van der Waals surface area (Å²) in [5, 5.41) is 16.1. The number of benzene rings is 8. The molecule has 8 aromatic carbocycles. The van der Waals surface area contributed by atoms with Gasteiger partial charge in [-0.25, -0.2) is 0 Å². The van der Waals surface area contributed by atoms with Crippen molar-refractivity contribution >= 4 is 81.1 Å². The normalized spacial score (nSPS) is 15.9. The highest BCUT2D eigenvalue weighted by molar-refractivity contribution is 7.25. The number of furan rings is 1. The number of aromatic nitrogens is 1. The quantitative estimate of drug-likeness (QED) is 0.190. The fourth-order valence-electron chi connectivity index (χ4n) is 8.64. The van der Waals surface area contributed by atoms with Crippen molar-refractivity contribution in [3.63, 3.8) is 0 Å². The first kappa shape index (κ1) is 32.3. The molecule has 1 aliphatic rings. The van der Waals surface area contributed by atoms with Crippen LogP contribution in [0.25, 0.3) is 86.0 Å². The SMILES string of the molecule is c1ccc(C2=NC(c3ccccc3)[N-]C(c3ccc4c(c3)sc3ccc(-c5ccc6oc7ccc(-n8c9ccccc9c9ccccc98)cc7c6c5)cc34)N2)cc1. The van der Waals surface area contributed by atoms with Gasteiger partial charge in [-0.3, -0.25) is 4.99 Å². The number of hydrogen-bond donors (Lipinski definition) is 1. The number of fused-ring (bicyclic) bond motifs is 9. The Bertz CT molecular complexity index is 3320. The zero-order valence-electron chi connectivity index (χ0n) is 30.6. The van der Waals surface area contributed by atoms with Crippen LogP contribution >= 0.6 is 11.3 Å². The lowest BCUT2D eigenvalue weighted by Gasteiger charge is -2.44. The van der Waals surface area contributed by atoms with Crippen molar-refractivity contribution in [3.8, 4) is 16.8 Å². The minimum Gasteiger partial charge on any atom is -0.613 e. The molecule has 0 fully saturated rings. The van der Waals surface area contributed by atoms with E-state index in [0.29, 0.717) is 0 Å². The third-order valence-electron chi connectivity index (χ3n) is 11.4. The van der Waals surface area contributed by atoms with Gasteiger partial charge >= 0.3 is 0 Å². The summed E-state index contributed by atoms with van der Waals surface area (Å²) >= 11 is 1.83. The molecule has 1 N–H and O–H groups in total. The molecule has 0 bridgehead atoms. The summed E-state index contributed by atoms with van der Waals surface area (Å²) in [6, 6.07) is 64.7. The lowest BCUT2D eigenvalue weighted by atomic mass is 10.00. The van der Waals surface area contributed by atoms with Crippen LogP contribution in [0.5, 0.6) is 0 Å². The molecule has 57 heavy (non-hydrogen) atoms. The van der Waals surface area contributed by atoms with E-state index in [9.17, 15) is 0 Å². The summed E-state index contributed by atoms with van der Waals surface area (Å²) in [6.07, 6.45) is -0.529. The molecule has 4 heterocycles. The minimum absolute atomic E-state index is 0.236. The summed E-state index contributed by atoms with van der Waals surface area (Å²) < 4.78 is 11.3. The van der Waals surface area contributed by atoms with Gasteiger partial charge in [-0.15, -0.1) is 11.3 Å². The summed E-state index contributed by atoms with van der Waals surface area (Å²) in [6.45, 7) is 0. The van der Waals surface area contributed by atoms with Crippen molar-refractivity contribution < 1.29 is 4.42 Å². The van der Waals surface area contributed by atoms with Gasteiger partial charge in [0.1, 0.15) is 17.0 Å². The molecule has 0 radical (unpaired) electrons. The Morgan fingerprint density at radius 2 is 1.14 bits per heavy atom. The average molecular weight is 750 g/mol. The summed E-state index contributed by atoms with van der Waals surface area (Å²) in [7, 11) is 0. The van der Waals surface area contributed by atoms with Gasteiger partial charge in [-0.05, 0) is 95.2 Å². The molecule has 0 spiro atoms. The predicted molar refractivity (Wildman–Crippen MR) is 238 cm³/mol. The van der Waals surface area contributed by atoms with Gasteiger partial charge in [0.15, 0.2) is 0 Å². The first-order valence-electron chi connectivity index (χ1n) is 19.3. The molecular weight excluding hydrogens is 717 g/mol. The Morgan fingerprint density at radius 1 is 0.491 bits per heavy atom. The van der Waals surface area contributed by atoms with Crippen molar-refractivity contribution in [2.45, 2.75) is 12.3 Å². The zero-order chi connectivity index (χ0) is 37.5. The maximum Gasteiger partial charge on any atom is 0.135 e. The molecule has 0 saturated carbocycles. The average Bonchev–Trinajstić information content (AvgIpc) is 3.95. The second-order valence-electron chi connectivity index (χ2n) is 14.8. The van der Waals surface area contributed by atoms with Gasteiger partial charge in [-0.1, -0.05) is 121 Å². The van der Waals surface area contributed by atoms with E-state index in [0.717, 1.165) is 55.7 Å². The smallest absolute Gasteiger partial charge is 0.135 e. The van der Waals surface area contributed by atoms with E-state index in [2.05, 4.69) is 180 Å². The van der Waals surface area contributed by atoms with Crippen LogP contribution < -0.4 is 5.32 Å². The van der Waals surface area contributed by atoms with E-state index in [1.54, 1.807) is 0 Å². The molecule has 270 valence electrons. The van der Waals surface area contributed by atoms with Crippen molar-refractivity contribution in [2.75, 3.05) is 0 Å². The van der Waals surface area contributed by atoms with Crippen molar-refractivity contribution in [1.82, 2.24) is 9.88 Å². The number of hydrogen-bond acceptors (Lipinski definition) is 4. The third-order valence-corrected chi connectivity index (χ3v) is 12.5. The Balaban J connectivity index is 0.913. The number of nitrogens with zero attached hydrogens (tertiary/aromatic N) is 3. The molecule has 11 aromatic rings. The Kier molecular flexibility index (Phi) is 7.24. The van der Waals surface area contributed by atoms with Crippen LogP contribution in [0.1, 0.15) is 29.0 Å². The highest BCUT2D eigenvalue weighted by Gasteiger charge is 2.19. The molecule has 0 amide bonds. The second-order valence-corrected chi connectivity index (χ2v) is 15.8. The van der Waals surface area contributed by atoms with Crippen LogP contribution in [-0.4, -0.2) is 10.4 Å². The number of amidine groups is 1. The van der Waals surface area contributed by atoms with E-state index in [4.69, 9.17) is 14.7 Å². The topological polar surface area (TPSA) is 56.6 Å². The number of rotatable bonds is 5. The number of para-hydroxylation sites is 2. The van der Waals surface area contributed by atoms with Gasteiger partial charge in [0.25, 0.3) is 0 Å². The van der Waals surface area contributed by atoms with E-state index in [1.807, 2.05) is 23.5 Å². The molecule has 0 saturated heterocycles. The number of aliphatic imine (C=N–C) groups is 1. The first-order valence-corrected chi connectivity index (χ1v) is 20.1. The van der Waals surface area contributed by atoms with Crippen molar-refractivity contribution in [1.29, 1.82) is 0 Å². The molecular formula is C51H33N4OS-. The largest absolute Gasteiger partial charge is 0.613 e. The van der Waals surface area contributed by atoms with E-state index in [1.165, 1.54) is 47.5 Å². The fourth-order valence-corrected chi connectivity index (χ4v) is 9.77. The van der Waals surface area contributed by atoms with Gasteiger partial charge in [0, 0.05) is 53.0 Å². The van der Waals surface area contributed by atoms with Gasteiger partial charge < -0.3 is 19.6 Å². The molecule has 2 atom stereocenters. The summed E-state index contributed by atoms with van der Waals surface area (Å²) in [5.74, 6) is 0.857. The van der Waals surface area contributed by atoms with Gasteiger partial charge in [0.05, 0.1) is 11.0 Å². The molecule has 12 rings (SSSR count). The highest BCUT2D eigenvalue weighted by atomic mass is 32.1. The van der Waals surface area contributed by atoms with Crippen LogP contribution in [0.3, 0.4) is 0 Å². The molecule has 5 nitrogen and oxygen atoms in total. The lowest BCUT2D eigenvalue weighted by Crippen LogP contribution is -2.33. The molecule has 0 aliphatic carbocycles. The van der Waals surface area contributed by atoms with Crippen LogP contribution in [-0.2, 0) is 0 Å². The summed E-state index contributed by atoms with van der Waals surface area (Å²) in [5.41, 5.74) is 10.9. The number of nitrogens with one attached hydrogen (secondary N) is 1. The van der Waals surface area contributed by atoms with Gasteiger partial charge in [0.2, 0.25) is 0 Å². The van der Waals surface area contributed by atoms with Gasteiger partial charge in [-0.2, -0.15) is 0 Å². The Morgan fingerprint density at radius 3 is 1.91 bits per heavy atom. The van der Waals surface area contributed by atoms with Crippen LogP contribution in [0, 0.1) is 0 Å². The Labute approximate surface area is 332 Å². The fraction of sp³-hybridized carbons (Fsp3) is 0.0392. The zero-order valence-corrected chi connectivity index (χ0v) is 31.4. The molecule has 1 aliphatic heterocycles. The van der Waals surface area contributed by atoms with E-state index in [-0.39, 0.29) is 12.3 Å². The highest BCUT2D eigenvalue weighted by Crippen LogP contribution is 2.42. The Hall–Kier alpha value is -6.99. The van der Waals surface area contributed by atoms with Crippen molar-refractivity contribution in [3.05, 3.63) is 204 Å². The van der Waals surface area contributed by atoms with Crippen LogP contribution in [0.15, 0.2) is 191 Å². The second kappa shape index (κ2) is 12.8. The maximum atomic E-state index is 6.40. The van der Waals surface area contributed by atoms with Crippen LogP contribution in [0.2, 0.25) is 0 Å². The first-order chi connectivity index (χ1) is 28.2. The lowest BCUT2D eigenvalue weighted by molar-refractivity contribution is 0.631. The molecule has 3 aromatic heterocycles.